The van der Waals surface area contributed by atoms with Crippen molar-refractivity contribution >= 4 is 11.3 Å². The Morgan fingerprint density at radius 2 is 2.14 bits per heavy atom. The second kappa shape index (κ2) is 5.49. The van der Waals surface area contributed by atoms with E-state index in [4.69, 9.17) is 5.73 Å². The van der Waals surface area contributed by atoms with Crippen molar-refractivity contribution in [2.75, 3.05) is 20.1 Å². The van der Waals surface area contributed by atoms with Gasteiger partial charge in [0.1, 0.15) is 0 Å². The van der Waals surface area contributed by atoms with Crippen LogP contribution >= 0.6 is 11.3 Å². The Morgan fingerprint density at radius 3 is 2.64 bits per heavy atom. The number of hydrogen-bond donors (Lipinski definition) is 1. The van der Waals surface area contributed by atoms with Gasteiger partial charge in [-0.25, -0.2) is 0 Å². The molecular formula is C11H20N2S. The van der Waals surface area contributed by atoms with Crippen molar-refractivity contribution in [1.29, 1.82) is 0 Å². The molecule has 0 spiro atoms. The molecule has 0 aliphatic carbocycles. The molecule has 1 rings (SSSR count). The van der Waals surface area contributed by atoms with Crippen molar-refractivity contribution in [3.63, 3.8) is 0 Å². The van der Waals surface area contributed by atoms with E-state index in [2.05, 4.69) is 43.3 Å². The number of hydrogen-bond acceptors (Lipinski definition) is 3. The average molecular weight is 212 g/mol. The standard InChI is InChI=1S/C11H20N2S/c1-9(2)7-13(3)8-10(12)11-5-4-6-14-11/h4-6,9-10H,7-8,12H2,1-3H3. The van der Waals surface area contributed by atoms with Gasteiger partial charge in [-0.2, -0.15) is 0 Å². The van der Waals surface area contributed by atoms with Crippen LogP contribution in [0.3, 0.4) is 0 Å². The smallest absolute Gasteiger partial charge is 0.0518 e. The Labute approximate surface area is 90.7 Å². The maximum Gasteiger partial charge on any atom is 0.0518 e. The van der Waals surface area contributed by atoms with E-state index < -0.39 is 0 Å². The van der Waals surface area contributed by atoms with E-state index in [1.54, 1.807) is 11.3 Å². The van der Waals surface area contributed by atoms with Gasteiger partial charge in [0.25, 0.3) is 0 Å². The van der Waals surface area contributed by atoms with Gasteiger partial charge < -0.3 is 10.6 Å². The van der Waals surface area contributed by atoms with Crippen LogP contribution in [0.4, 0.5) is 0 Å². The van der Waals surface area contributed by atoms with Crippen LogP contribution < -0.4 is 5.73 Å². The number of likely N-dealkylation sites (N-methyl/N-ethyl adjacent to an activating group) is 1. The highest BCUT2D eigenvalue weighted by Gasteiger charge is 2.10. The zero-order chi connectivity index (χ0) is 10.6. The molecule has 0 bridgehead atoms. The summed E-state index contributed by atoms with van der Waals surface area (Å²) in [4.78, 5) is 3.58. The number of rotatable bonds is 5. The first-order valence-electron chi connectivity index (χ1n) is 5.07. The van der Waals surface area contributed by atoms with E-state index >= 15 is 0 Å². The first-order valence-corrected chi connectivity index (χ1v) is 5.95. The molecule has 2 N–H and O–H groups in total. The second-order valence-corrected chi connectivity index (χ2v) is 5.22. The monoisotopic (exact) mass is 212 g/mol. The Bertz CT molecular complexity index is 244. The van der Waals surface area contributed by atoms with Crippen LogP contribution in [-0.2, 0) is 0 Å². The first-order chi connectivity index (χ1) is 6.59. The van der Waals surface area contributed by atoms with Crippen LogP contribution in [0.2, 0.25) is 0 Å². The largest absolute Gasteiger partial charge is 0.322 e. The Kier molecular flexibility index (Phi) is 4.58. The van der Waals surface area contributed by atoms with Gasteiger partial charge in [0.05, 0.1) is 6.04 Å². The van der Waals surface area contributed by atoms with Gasteiger partial charge in [-0.15, -0.1) is 11.3 Å². The number of thiophene rings is 1. The van der Waals surface area contributed by atoms with E-state index in [9.17, 15) is 0 Å². The summed E-state index contributed by atoms with van der Waals surface area (Å²) in [6, 6.07) is 4.33. The highest BCUT2D eigenvalue weighted by molar-refractivity contribution is 7.10. The molecule has 1 aromatic rings. The van der Waals surface area contributed by atoms with Crippen LogP contribution in [0.25, 0.3) is 0 Å². The van der Waals surface area contributed by atoms with Gasteiger partial charge in [0, 0.05) is 18.0 Å². The maximum absolute atomic E-state index is 6.08. The summed E-state index contributed by atoms with van der Waals surface area (Å²) in [7, 11) is 2.13. The Balaban J connectivity index is 2.37. The van der Waals surface area contributed by atoms with Gasteiger partial charge in [-0.05, 0) is 24.4 Å². The third-order valence-corrected chi connectivity index (χ3v) is 3.10. The summed E-state index contributed by atoms with van der Waals surface area (Å²) in [6.45, 7) is 6.51. The summed E-state index contributed by atoms with van der Waals surface area (Å²) < 4.78 is 0. The molecule has 80 valence electrons. The van der Waals surface area contributed by atoms with Crippen molar-refractivity contribution in [2.45, 2.75) is 19.9 Å². The zero-order valence-electron chi connectivity index (χ0n) is 9.23. The third-order valence-electron chi connectivity index (χ3n) is 2.09. The molecule has 0 saturated carbocycles. The predicted molar refractivity (Wildman–Crippen MR) is 63.6 cm³/mol. The molecule has 1 atom stereocenters. The molecule has 14 heavy (non-hydrogen) atoms. The molecule has 0 aliphatic heterocycles. The molecule has 0 radical (unpaired) electrons. The molecular weight excluding hydrogens is 192 g/mol. The van der Waals surface area contributed by atoms with Crippen LogP contribution in [0, 0.1) is 5.92 Å². The molecule has 1 aromatic heterocycles. The van der Waals surface area contributed by atoms with Crippen LogP contribution in [0.15, 0.2) is 17.5 Å². The first kappa shape index (κ1) is 11.7. The lowest BCUT2D eigenvalue weighted by Crippen LogP contribution is -2.31. The number of nitrogens with zero attached hydrogens (tertiary/aromatic N) is 1. The normalized spacial score (nSPS) is 13.9. The van der Waals surface area contributed by atoms with E-state index in [0.717, 1.165) is 13.1 Å². The number of nitrogens with two attached hydrogens (primary N) is 1. The SMILES string of the molecule is CC(C)CN(C)CC(N)c1cccs1. The Hall–Kier alpha value is -0.380. The van der Waals surface area contributed by atoms with Crippen LogP contribution in [0.5, 0.6) is 0 Å². The van der Waals surface area contributed by atoms with E-state index in [1.807, 2.05) is 0 Å². The lowest BCUT2D eigenvalue weighted by atomic mass is 10.2. The summed E-state index contributed by atoms with van der Waals surface area (Å²) in [6.07, 6.45) is 0. The van der Waals surface area contributed by atoms with Crippen molar-refractivity contribution < 1.29 is 0 Å². The summed E-state index contributed by atoms with van der Waals surface area (Å²) >= 11 is 1.74. The van der Waals surface area contributed by atoms with Gasteiger partial charge in [0.15, 0.2) is 0 Å². The minimum Gasteiger partial charge on any atom is -0.322 e. The fraction of sp³-hybridized carbons (Fsp3) is 0.636. The van der Waals surface area contributed by atoms with Crippen molar-refractivity contribution in [2.24, 2.45) is 11.7 Å². The molecule has 0 aliphatic rings. The summed E-state index contributed by atoms with van der Waals surface area (Å²) in [5.74, 6) is 0.704. The van der Waals surface area contributed by atoms with E-state index in [1.165, 1.54) is 4.88 Å². The maximum atomic E-state index is 6.08. The lowest BCUT2D eigenvalue weighted by Gasteiger charge is -2.22. The predicted octanol–water partition coefficient (Wildman–Crippen LogP) is 2.34. The molecule has 0 amide bonds. The molecule has 0 fully saturated rings. The fourth-order valence-electron chi connectivity index (χ4n) is 1.63. The molecule has 0 aromatic carbocycles. The second-order valence-electron chi connectivity index (χ2n) is 4.24. The van der Waals surface area contributed by atoms with Gasteiger partial charge in [-0.1, -0.05) is 19.9 Å². The van der Waals surface area contributed by atoms with Crippen molar-refractivity contribution in [3.8, 4) is 0 Å². The summed E-state index contributed by atoms with van der Waals surface area (Å²) in [5, 5.41) is 2.08. The molecule has 3 heteroatoms. The fourth-order valence-corrected chi connectivity index (χ4v) is 2.35. The van der Waals surface area contributed by atoms with Gasteiger partial charge in [0.2, 0.25) is 0 Å². The lowest BCUT2D eigenvalue weighted by molar-refractivity contribution is 0.280. The minimum atomic E-state index is 0.166. The quantitative estimate of drug-likeness (QED) is 0.811. The molecule has 1 heterocycles. The van der Waals surface area contributed by atoms with Crippen molar-refractivity contribution in [3.05, 3.63) is 22.4 Å². The van der Waals surface area contributed by atoms with E-state index in [0.29, 0.717) is 5.92 Å². The highest BCUT2D eigenvalue weighted by atomic mass is 32.1. The summed E-state index contributed by atoms with van der Waals surface area (Å²) in [5.41, 5.74) is 6.08. The van der Waals surface area contributed by atoms with Gasteiger partial charge >= 0.3 is 0 Å². The third kappa shape index (κ3) is 3.78. The van der Waals surface area contributed by atoms with Crippen LogP contribution in [0.1, 0.15) is 24.8 Å². The van der Waals surface area contributed by atoms with Gasteiger partial charge in [-0.3, -0.25) is 0 Å². The molecule has 2 nitrogen and oxygen atoms in total. The van der Waals surface area contributed by atoms with Crippen LogP contribution in [-0.4, -0.2) is 25.0 Å². The highest BCUT2D eigenvalue weighted by Crippen LogP contribution is 2.17. The zero-order valence-corrected chi connectivity index (χ0v) is 10.1. The Morgan fingerprint density at radius 1 is 1.43 bits per heavy atom. The molecule has 0 saturated heterocycles. The molecule has 1 unspecified atom stereocenters. The average Bonchev–Trinajstić information content (AvgIpc) is 2.53. The van der Waals surface area contributed by atoms with Crippen molar-refractivity contribution in [1.82, 2.24) is 4.90 Å². The minimum absolute atomic E-state index is 0.166. The van der Waals surface area contributed by atoms with E-state index in [-0.39, 0.29) is 6.04 Å². The topological polar surface area (TPSA) is 29.3 Å².